The Kier molecular flexibility index (Phi) is 1.87. The summed E-state index contributed by atoms with van der Waals surface area (Å²) in [5.41, 5.74) is 4.87. The molecule has 86 valence electrons. The van der Waals surface area contributed by atoms with Crippen LogP contribution in [0.25, 0.3) is 11.3 Å². The molecule has 0 spiro atoms. The number of nitrogens with one attached hydrogen (secondary N) is 2. The zero-order chi connectivity index (χ0) is 11.2. The van der Waals surface area contributed by atoms with Crippen LogP contribution in [-0.4, -0.2) is 21.2 Å². The molecule has 4 heterocycles. The van der Waals surface area contributed by atoms with E-state index in [4.69, 9.17) is 0 Å². The molecule has 4 heteroatoms. The van der Waals surface area contributed by atoms with Crippen molar-refractivity contribution in [3.05, 3.63) is 35.8 Å². The number of rotatable bonds is 1. The fourth-order valence-corrected chi connectivity index (χ4v) is 3.09. The summed E-state index contributed by atoms with van der Waals surface area (Å²) in [6.45, 7) is 0. The Morgan fingerprint density at radius 2 is 2.29 bits per heavy atom. The number of fused-ring (bicyclic) bond motifs is 4. The van der Waals surface area contributed by atoms with Crippen LogP contribution < -0.4 is 5.32 Å². The molecule has 2 atom stereocenters. The summed E-state index contributed by atoms with van der Waals surface area (Å²) < 4.78 is 0. The molecule has 2 aliphatic heterocycles. The third kappa shape index (κ3) is 1.34. The van der Waals surface area contributed by atoms with Gasteiger partial charge in [0, 0.05) is 47.7 Å². The largest absolute Gasteiger partial charge is 0.307 e. The molecule has 2 bridgehead atoms. The number of H-pyrrole nitrogens is 1. The second kappa shape index (κ2) is 3.40. The topological polar surface area (TPSA) is 53.6 Å². The van der Waals surface area contributed by atoms with Crippen LogP contribution in [0, 0.1) is 0 Å². The predicted molar refractivity (Wildman–Crippen MR) is 64.4 cm³/mol. The second-order valence-electron chi connectivity index (χ2n) is 4.90. The number of pyridine rings is 1. The van der Waals surface area contributed by atoms with E-state index in [1.165, 1.54) is 24.1 Å². The molecule has 0 amide bonds. The van der Waals surface area contributed by atoms with E-state index in [-0.39, 0.29) is 0 Å². The molecule has 1 fully saturated rings. The predicted octanol–water partition coefficient (Wildman–Crippen LogP) is 1.82. The van der Waals surface area contributed by atoms with Gasteiger partial charge in [0.25, 0.3) is 0 Å². The number of aromatic nitrogens is 3. The Hall–Kier alpha value is -1.68. The maximum atomic E-state index is 4.48. The number of hydrogen-bond donors (Lipinski definition) is 2. The average Bonchev–Trinajstić information content (AvgIpc) is 2.96. The van der Waals surface area contributed by atoms with Crippen LogP contribution in [0.2, 0.25) is 0 Å². The van der Waals surface area contributed by atoms with Gasteiger partial charge in [-0.3, -0.25) is 10.1 Å². The van der Waals surface area contributed by atoms with Gasteiger partial charge in [-0.15, -0.1) is 0 Å². The zero-order valence-electron chi connectivity index (χ0n) is 9.48. The molecule has 4 rings (SSSR count). The van der Waals surface area contributed by atoms with E-state index >= 15 is 0 Å². The molecule has 2 aliphatic rings. The third-order valence-electron chi connectivity index (χ3n) is 3.86. The summed E-state index contributed by atoms with van der Waals surface area (Å²) in [6.07, 6.45) is 7.27. The molecule has 0 radical (unpaired) electrons. The maximum Gasteiger partial charge on any atom is 0.0986 e. The Morgan fingerprint density at radius 3 is 3.18 bits per heavy atom. The third-order valence-corrected chi connectivity index (χ3v) is 3.86. The van der Waals surface area contributed by atoms with E-state index in [0.717, 1.165) is 17.7 Å². The van der Waals surface area contributed by atoms with Crippen molar-refractivity contribution in [3.8, 4) is 11.3 Å². The Balaban J connectivity index is 1.87. The van der Waals surface area contributed by atoms with Crippen molar-refractivity contribution >= 4 is 0 Å². The Morgan fingerprint density at radius 1 is 1.29 bits per heavy atom. The van der Waals surface area contributed by atoms with E-state index in [9.17, 15) is 0 Å². The van der Waals surface area contributed by atoms with Crippen molar-refractivity contribution in [1.82, 2.24) is 20.5 Å². The number of hydrogen-bond acceptors (Lipinski definition) is 3. The molecule has 0 saturated carbocycles. The first-order valence-electron chi connectivity index (χ1n) is 6.15. The molecule has 4 nitrogen and oxygen atoms in total. The fraction of sp³-hybridized carbons (Fsp3) is 0.385. The minimum atomic E-state index is 0.484. The average molecular weight is 226 g/mol. The van der Waals surface area contributed by atoms with Crippen molar-refractivity contribution in [1.29, 1.82) is 0 Å². The van der Waals surface area contributed by atoms with Gasteiger partial charge >= 0.3 is 0 Å². The molecular weight excluding hydrogens is 212 g/mol. The van der Waals surface area contributed by atoms with Gasteiger partial charge in [-0.25, -0.2) is 0 Å². The first kappa shape index (κ1) is 9.36. The summed E-state index contributed by atoms with van der Waals surface area (Å²) in [5, 5.41) is 11.4. The summed E-state index contributed by atoms with van der Waals surface area (Å²) in [7, 11) is 0. The lowest BCUT2D eigenvalue weighted by molar-refractivity contribution is 0.511. The van der Waals surface area contributed by atoms with Gasteiger partial charge in [0.15, 0.2) is 0 Å². The van der Waals surface area contributed by atoms with Crippen molar-refractivity contribution in [3.63, 3.8) is 0 Å². The summed E-state index contributed by atoms with van der Waals surface area (Å²) in [4.78, 5) is 4.18. The van der Waals surface area contributed by atoms with E-state index in [1.807, 2.05) is 12.3 Å². The van der Waals surface area contributed by atoms with Gasteiger partial charge in [-0.1, -0.05) is 0 Å². The summed E-state index contributed by atoms with van der Waals surface area (Å²) in [5.74, 6) is 0. The zero-order valence-corrected chi connectivity index (χ0v) is 9.48. The smallest absolute Gasteiger partial charge is 0.0986 e. The van der Waals surface area contributed by atoms with Crippen LogP contribution in [0.1, 0.15) is 30.1 Å². The van der Waals surface area contributed by atoms with E-state index in [0.29, 0.717) is 12.1 Å². The molecular formula is C13H14N4. The quantitative estimate of drug-likeness (QED) is 0.780. The highest BCUT2D eigenvalue weighted by Gasteiger charge is 2.35. The van der Waals surface area contributed by atoms with Gasteiger partial charge in [-0.2, -0.15) is 5.10 Å². The lowest BCUT2D eigenvalue weighted by Gasteiger charge is -2.21. The summed E-state index contributed by atoms with van der Waals surface area (Å²) >= 11 is 0. The van der Waals surface area contributed by atoms with Crippen molar-refractivity contribution in [2.45, 2.75) is 31.3 Å². The molecule has 2 N–H and O–H groups in total. The van der Waals surface area contributed by atoms with Crippen molar-refractivity contribution in [2.24, 2.45) is 0 Å². The van der Waals surface area contributed by atoms with Gasteiger partial charge in [0.2, 0.25) is 0 Å². The van der Waals surface area contributed by atoms with Crippen LogP contribution in [0.3, 0.4) is 0 Å². The van der Waals surface area contributed by atoms with Crippen LogP contribution in [0.5, 0.6) is 0 Å². The minimum absolute atomic E-state index is 0.484. The summed E-state index contributed by atoms with van der Waals surface area (Å²) in [6, 6.07) is 5.17. The van der Waals surface area contributed by atoms with Crippen molar-refractivity contribution < 1.29 is 0 Å². The van der Waals surface area contributed by atoms with Crippen LogP contribution in [-0.2, 0) is 6.42 Å². The van der Waals surface area contributed by atoms with Crippen molar-refractivity contribution in [2.75, 3.05) is 0 Å². The number of nitrogens with zero attached hydrogens (tertiary/aromatic N) is 2. The van der Waals surface area contributed by atoms with Gasteiger partial charge in [0.1, 0.15) is 0 Å². The van der Waals surface area contributed by atoms with Crippen LogP contribution in [0.4, 0.5) is 0 Å². The number of aromatic amines is 1. The minimum Gasteiger partial charge on any atom is -0.307 e. The van der Waals surface area contributed by atoms with E-state index < -0.39 is 0 Å². The fourth-order valence-electron chi connectivity index (χ4n) is 3.09. The second-order valence-corrected chi connectivity index (χ2v) is 4.90. The molecule has 0 unspecified atom stereocenters. The highest BCUT2D eigenvalue weighted by atomic mass is 15.2. The monoisotopic (exact) mass is 226 g/mol. The molecule has 0 aromatic carbocycles. The standard InChI is InChI=1S/C13H14N4/c1-2-8(7-14-5-1)13-12-10-4-3-9(15-10)6-11(12)16-17-13/h1-2,5,7,9-10,15H,3-4,6H2,(H,16,17)/t9-,10+/m0/s1. The Bertz CT molecular complexity index is 546. The van der Waals surface area contributed by atoms with Gasteiger partial charge < -0.3 is 5.32 Å². The van der Waals surface area contributed by atoms with Crippen LogP contribution in [0.15, 0.2) is 24.5 Å². The first-order chi connectivity index (χ1) is 8.42. The lowest BCUT2D eigenvalue weighted by Crippen LogP contribution is -2.31. The van der Waals surface area contributed by atoms with Gasteiger partial charge in [0.05, 0.1) is 5.69 Å². The highest BCUT2D eigenvalue weighted by Crippen LogP contribution is 2.39. The van der Waals surface area contributed by atoms with Gasteiger partial charge in [-0.05, 0) is 25.0 Å². The molecule has 2 aromatic heterocycles. The highest BCUT2D eigenvalue weighted by molar-refractivity contribution is 5.64. The molecule has 2 aromatic rings. The maximum absolute atomic E-state index is 4.48. The molecule has 0 aliphatic carbocycles. The van der Waals surface area contributed by atoms with E-state index in [2.05, 4.69) is 26.6 Å². The molecule has 1 saturated heterocycles. The lowest BCUT2D eigenvalue weighted by atomic mass is 9.97. The molecule has 17 heavy (non-hydrogen) atoms. The SMILES string of the molecule is c1cncc(-c2n[nH]c3c2[C@H]2CC[C@@H](C3)N2)c1. The first-order valence-corrected chi connectivity index (χ1v) is 6.15. The normalized spacial score (nSPS) is 25.9. The van der Waals surface area contributed by atoms with E-state index in [1.54, 1.807) is 6.20 Å². The Labute approximate surface area is 99.5 Å². The van der Waals surface area contributed by atoms with Crippen LogP contribution >= 0.6 is 0 Å².